The fourth-order valence-electron chi connectivity index (χ4n) is 4.02. The summed E-state index contributed by atoms with van der Waals surface area (Å²) in [4.78, 5) is 9.03. The zero-order chi connectivity index (χ0) is 20.4. The van der Waals surface area contributed by atoms with Crippen LogP contribution in [0.1, 0.15) is 24.4 Å². The van der Waals surface area contributed by atoms with Gasteiger partial charge in [0.2, 0.25) is 10.0 Å². The van der Waals surface area contributed by atoms with Gasteiger partial charge in [0.15, 0.2) is 0 Å². The summed E-state index contributed by atoms with van der Waals surface area (Å²) in [6.45, 7) is 4.40. The third-order valence-corrected chi connectivity index (χ3v) is 7.57. The Morgan fingerprint density at radius 3 is 2.66 bits per heavy atom. The summed E-state index contributed by atoms with van der Waals surface area (Å²) < 4.78 is 35.6. The molecule has 0 N–H and O–H groups in total. The molecule has 1 aliphatic rings. The minimum Gasteiger partial charge on any atom is -0.377 e. The van der Waals surface area contributed by atoms with Crippen LogP contribution >= 0.6 is 0 Å². The molecule has 3 heterocycles. The van der Waals surface area contributed by atoms with Crippen molar-refractivity contribution in [2.75, 3.05) is 20.2 Å². The number of pyridine rings is 1. The van der Waals surface area contributed by atoms with Crippen LogP contribution in [0.25, 0.3) is 10.9 Å². The van der Waals surface area contributed by atoms with Gasteiger partial charge in [-0.25, -0.2) is 13.4 Å². The molecule has 7 nitrogen and oxygen atoms in total. The highest BCUT2D eigenvalue weighted by Crippen LogP contribution is 2.28. The predicted octanol–water partition coefficient (Wildman–Crippen LogP) is 2.99. The number of aromatic nitrogens is 3. The summed E-state index contributed by atoms with van der Waals surface area (Å²) in [6.07, 6.45) is 5.14. The topological polar surface area (TPSA) is 77.3 Å². The minimum atomic E-state index is -3.57. The summed E-state index contributed by atoms with van der Waals surface area (Å²) in [5.41, 5.74) is 1.64. The second kappa shape index (κ2) is 8.22. The molecule has 4 rings (SSSR count). The van der Waals surface area contributed by atoms with Crippen LogP contribution in [0.5, 0.6) is 0 Å². The average Bonchev–Trinajstić information content (AvgIpc) is 3.08. The molecule has 0 amide bonds. The van der Waals surface area contributed by atoms with Gasteiger partial charge < -0.3 is 9.30 Å². The molecule has 2 aromatic heterocycles. The quantitative estimate of drug-likeness (QED) is 0.620. The van der Waals surface area contributed by atoms with E-state index in [1.807, 2.05) is 31.3 Å². The van der Waals surface area contributed by atoms with E-state index in [1.165, 1.54) is 0 Å². The van der Waals surface area contributed by atoms with Gasteiger partial charge in [0.1, 0.15) is 17.3 Å². The number of sulfonamides is 1. The van der Waals surface area contributed by atoms with Crippen LogP contribution in [-0.2, 0) is 27.9 Å². The number of aryl methyl sites for hydroxylation is 1. The van der Waals surface area contributed by atoms with E-state index in [1.54, 1.807) is 29.7 Å². The van der Waals surface area contributed by atoms with Crippen molar-refractivity contribution in [2.45, 2.75) is 37.8 Å². The molecule has 0 unspecified atom stereocenters. The van der Waals surface area contributed by atoms with Crippen LogP contribution in [0.3, 0.4) is 0 Å². The number of methoxy groups -OCH3 is 1. The number of nitrogens with zero attached hydrogens (tertiary/aromatic N) is 4. The van der Waals surface area contributed by atoms with Crippen LogP contribution in [0, 0.1) is 12.8 Å². The molecule has 1 aliphatic heterocycles. The van der Waals surface area contributed by atoms with E-state index in [2.05, 4.69) is 14.5 Å². The van der Waals surface area contributed by atoms with Crippen molar-refractivity contribution in [1.29, 1.82) is 0 Å². The highest BCUT2D eigenvalue weighted by atomic mass is 32.2. The Kier molecular flexibility index (Phi) is 5.67. The second-order valence-corrected chi connectivity index (χ2v) is 9.44. The third kappa shape index (κ3) is 3.92. The maximum absolute atomic E-state index is 13.3. The number of benzene rings is 1. The Bertz CT molecular complexity index is 1100. The zero-order valence-corrected chi connectivity index (χ0v) is 17.6. The number of ether oxygens (including phenoxy) is 1. The molecule has 0 spiro atoms. The first-order valence-corrected chi connectivity index (χ1v) is 11.3. The van der Waals surface area contributed by atoms with Gasteiger partial charge in [0, 0.05) is 50.2 Å². The molecule has 1 fully saturated rings. The zero-order valence-electron chi connectivity index (χ0n) is 16.8. The molecule has 154 valence electrons. The van der Waals surface area contributed by atoms with Gasteiger partial charge in [-0.1, -0.05) is 18.2 Å². The Labute approximate surface area is 171 Å². The summed E-state index contributed by atoms with van der Waals surface area (Å²) >= 11 is 0. The molecule has 1 aromatic carbocycles. The lowest BCUT2D eigenvalue weighted by molar-refractivity contribution is 0.170. The highest BCUT2D eigenvalue weighted by molar-refractivity contribution is 7.89. The summed E-state index contributed by atoms with van der Waals surface area (Å²) in [7, 11) is -1.90. The molecule has 0 radical (unpaired) electrons. The summed E-state index contributed by atoms with van der Waals surface area (Å²) in [5, 5.41) is 0.838. The SMILES string of the molecule is COCc1ncc(C)n1CC1CCN(S(=O)(=O)c2cccc3cccnc23)CC1. The van der Waals surface area contributed by atoms with Crippen molar-refractivity contribution < 1.29 is 13.2 Å². The predicted molar refractivity (Wildman–Crippen MR) is 111 cm³/mol. The van der Waals surface area contributed by atoms with Gasteiger partial charge in [-0.05, 0) is 37.8 Å². The van der Waals surface area contributed by atoms with E-state index in [9.17, 15) is 8.42 Å². The van der Waals surface area contributed by atoms with Crippen LogP contribution in [0.4, 0.5) is 0 Å². The van der Waals surface area contributed by atoms with E-state index >= 15 is 0 Å². The molecule has 0 atom stereocenters. The minimum absolute atomic E-state index is 0.293. The van der Waals surface area contributed by atoms with Gasteiger partial charge in [0.05, 0.1) is 5.52 Å². The van der Waals surface area contributed by atoms with Gasteiger partial charge in [0.25, 0.3) is 0 Å². The Balaban J connectivity index is 1.49. The van der Waals surface area contributed by atoms with Gasteiger partial charge in [-0.3, -0.25) is 4.98 Å². The lowest BCUT2D eigenvalue weighted by Gasteiger charge is -2.32. The van der Waals surface area contributed by atoms with Crippen molar-refractivity contribution in [3.8, 4) is 0 Å². The van der Waals surface area contributed by atoms with Crippen LogP contribution in [0.2, 0.25) is 0 Å². The molecule has 1 saturated heterocycles. The Morgan fingerprint density at radius 1 is 1.14 bits per heavy atom. The Hall–Kier alpha value is -2.29. The lowest BCUT2D eigenvalue weighted by Crippen LogP contribution is -2.39. The molecular weight excluding hydrogens is 388 g/mol. The number of hydrogen-bond donors (Lipinski definition) is 0. The van der Waals surface area contributed by atoms with Crippen LogP contribution < -0.4 is 0 Å². The number of fused-ring (bicyclic) bond motifs is 1. The molecule has 0 bridgehead atoms. The summed E-state index contributed by atoms with van der Waals surface area (Å²) in [5.74, 6) is 1.33. The van der Waals surface area contributed by atoms with E-state index < -0.39 is 10.0 Å². The molecule has 0 aliphatic carbocycles. The van der Waals surface area contributed by atoms with Crippen molar-refractivity contribution in [1.82, 2.24) is 18.8 Å². The number of para-hydroxylation sites is 1. The van der Waals surface area contributed by atoms with Gasteiger partial charge >= 0.3 is 0 Å². The van der Waals surface area contributed by atoms with E-state index in [0.717, 1.165) is 36.3 Å². The smallest absolute Gasteiger partial charge is 0.245 e. The van der Waals surface area contributed by atoms with Crippen molar-refractivity contribution in [2.24, 2.45) is 5.92 Å². The first-order valence-electron chi connectivity index (χ1n) is 9.84. The standard InChI is InChI=1S/C21H26N4O3S/c1-16-13-23-20(15-28-2)25(16)14-17-8-11-24(12-9-17)29(26,27)19-7-3-5-18-6-4-10-22-21(18)19/h3-7,10,13,17H,8-9,11-12,14-15H2,1-2H3. The van der Waals surface area contributed by atoms with E-state index in [-0.39, 0.29) is 0 Å². The Morgan fingerprint density at radius 2 is 1.90 bits per heavy atom. The molecule has 3 aromatic rings. The fourth-order valence-corrected chi connectivity index (χ4v) is 5.65. The van der Waals surface area contributed by atoms with Crippen molar-refractivity contribution in [3.05, 3.63) is 54.2 Å². The first-order chi connectivity index (χ1) is 14.0. The maximum Gasteiger partial charge on any atom is 0.245 e. The van der Waals surface area contributed by atoms with E-state index in [4.69, 9.17) is 4.74 Å². The molecule has 0 saturated carbocycles. The normalized spacial score (nSPS) is 16.5. The molecular formula is C21H26N4O3S. The van der Waals surface area contributed by atoms with Crippen LogP contribution in [0.15, 0.2) is 47.6 Å². The maximum atomic E-state index is 13.3. The largest absolute Gasteiger partial charge is 0.377 e. The lowest BCUT2D eigenvalue weighted by atomic mass is 9.98. The molecule has 29 heavy (non-hydrogen) atoms. The van der Waals surface area contributed by atoms with Gasteiger partial charge in [-0.2, -0.15) is 4.31 Å². The number of rotatable bonds is 6. The second-order valence-electron chi connectivity index (χ2n) is 7.54. The first kappa shape index (κ1) is 20.0. The summed E-state index contributed by atoms with van der Waals surface area (Å²) in [6, 6.07) is 9.03. The third-order valence-electron chi connectivity index (χ3n) is 5.64. The van der Waals surface area contributed by atoms with E-state index in [0.29, 0.717) is 36.0 Å². The molecule has 8 heteroatoms. The average molecular weight is 415 g/mol. The number of hydrogen-bond acceptors (Lipinski definition) is 5. The van der Waals surface area contributed by atoms with Crippen molar-refractivity contribution in [3.63, 3.8) is 0 Å². The number of imidazole rings is 1. The van der Waals surface area contributed by atoms with Crippen molar-refractivity contribution >= 4 is 20.9 Å². The monoisotopic (exact) mass is 414 g/mol. The fraction of sp³-hybridized carbons (Fsp3) is 0.429. The van der Waals surface area contributed by atoms with Crippen LogP contribution in [-0.4, -0.2) is 47.5 Å². The number of piperidine rings is 1. The van der Waals surface area contributed by atoms with Gasteiger partial charge in [-0.15, -0.1) is 0 Å². The highest BCUT2D eigenvalue weighted by Gasteiger charge is 2.31.